The number of hydrogen-bond donors (Lipinski definition) is 0. The SMILES string of the molecule is CCc1c(F)cccc1Cc1c(CI)nc2c(I)cc(N3CCOCC3)nn12. The average molecular weight is 606 g/mol. The Morgan fingerprint density at radius 1 is 1.25 bits per heavy atom. The number of fused-ring (bicyclic) bond motifs is 1. The van der Waals surface area contributed by atoms with E-state index in [4.69, 9.17) is 14.8 Å². The van der Waals surface area contributed by atoms with E-state index in [1.165, 1.54) is 6.07 Å². The largest absolute Gasteiger partial charge is 0.378 e. The van der Waals surface area contributed by atoms with E-state index in [2.05, 4.69) is 56.1 Å². The summed E-state index contributed by atoms with van der Waals surface area (Å²) in [7, 11) is 0. The number of aromatic nitrogens is 3. The molecule has 8 heteroatoms. The molecule has 0 saturated carbocycles. The van der Waals surface area contributed by atoms with Gasteiger partial charge in [-0.15, -0.1) is 5.10 Å². The second-order valence-corrected chi connectivity index (χ2v) is 8.66. The van der Waals surface area contributed by atoms with Gasteiger partial charge >= 0.3 is 0 Å². The molecule has 0 radical (unpaired) electrons. The highest BCUT2D eigenvalue weighted by Crippen LogP contribution is 2.26. The molecular formula is C20H21FI2N4O. The van der Waals surface area contributed by atoms with Crippen LogP contribution in [0, 0.1) is 9.39 Å². The average Bonchev–Trinajstić information content (AvgIpc) is 3.07. The number of anilines is 1. The summed E-state index contributed by atoms with van der Waals surface area (Å²) in [5.41, 5.74) is 4.70. The maximum atomic E-state index is 14.3. The van der Waals surface area contributed by atoms with Crippen LogP contribution in [0.15, 0.2) is 24.3 Å². The highest BCUT2D eigenvalue weighted by Gasteiger charge is 2.20. The molecule has 2 aromatic heterocycles. The van der Waals surface area contributed by atoms with Gasteiger partial charge in [0.25, 0.3) is 0 Å². The van der Waals surface area contributed by atoms with Gasteiger partial charge in [-0.25, -0.2) is 13.9 Å². The van der Waals surface area contributed by atoms with Gasteiger partial charge in [0.05, 0.1) is 28.2 Å². The number of benzene rings is 1. The lowest BCUT2D eigenvalue weighted by Gasteiger charge is -2.27. The van der Waals surface area contributed by atoms with Crippen molar-refractivity contribution in [3.63, 3.8) is 0 Å². The Labute approximate surface area is 190 Å². The van der Waals surface area contributed by atoms with E-state index in [0.717, 1.165) is 68.3 Å². The quantitative estimate of drug-likeness (QED) is 0.320. The first-order chi connectivity index (χ1) is 13.6. The van der Waals surface area contributed by atoms with Gasteiger partial charge < -0.3 is 9.64 Å². The minimum Gasteiger partial charge on any atom is -0.378 e. The molecule has 3 heterocycles. The number of hydrogen-bond acceptors (Lipinski definition) is 4. The lowest BCUT2D eigenvalue weighted by atomic mass is 10.00. The second kappa shape index (κ2) is 8.78. The first kappa shape index (κ1) is 20.3. The van der Waals surface area contributed by atoms with E-state index in [0.29, 0.717) is 12.8 Å². The van der Waals surface area contributed by atoms with E-state index in [1.807, 2.05) is 17.5 Å². The summed E-state index contributed by atoms with van der Waals surface area (Å²) in [6.45, 7) is 5.10. The Bertz CT molecular complexity index is 1000. The summed E-state index contributed by atoms with van der Waals surface area (Å²) < 4.78 is 23.6. The van der Waals surface area contributed by atoms with Crippen molar-refractivity contribution in [1.29, 1.82) is 0 Å². The lowest BCUT2D eigenvalue weighted by Crippen LogP contribution is -2.37. The van der Waals surface area contributed by atoms with Crippen molar-refractivity contribution >= 4 is 56.6 Å². The van der Waals surface area contributed by atoms with Gasteiger partial charge in [-0.05, 0) is 52.3 Å². The molecule has 0 spiro atoms. The molecule has 28 heavy (non-hydrogen) atoms. The summed E-state index contributed by atoms with van der Waals surface area (Å²) in [5.74, 6) is 0.801. The number of rotatable bonds is 5. The maximum Gasteiger partial charge on any atom is 0.167 e. The van der Waals surface area contributed by atoms with E-state index >= 15 is 0 Å². The first-order valence-corrected chi connectivity index (χ1v) is 11.9. The van der Waals surface area contributed by atoms with Crippen LogP contribution in [0.1, 0.15) is 29.4 Å². The second-order valence-electron chi connectivity index (χ2n) is 6.73. The summed E-state index contributed by atoms with van der Waals surface area (Å²) in [5, 5.41) is 4.93. The number of halogens is 3. The zero-order chi connectivity index (χ0) is 19.7. The fourth-order valence-electron chi connectivity index (χ4n) is 3.64. The third kappa shape index (κ3) is 3.87. The van der Waals surface area contributed by atoms with Crippen molar-refractivity contribution in [2.24, 2.45) is 0 Å². The third-order valence-corrected chi connectivity index (χ3v) is 6.61. The maximum absolute atomic E-state index is 14.3. The van der Waals surface area contributed by atoms with Gasteiger partial charge in [-0.1, -0.05) is 41.6 Å². The van der Waals surface area contributed by atoms with Crippen LogP contribution in [0.5, 0.6) is 0 Å². The predicted molar refractivity (Wildman–Crippen MR) is 125 cm³/mol. The van der Waals surface area contributed by atoms with Crippen LogP contribution in [0.4, 0.5) is 10.2 Å². The monoisotopic (exact) mass is 606 g/mol. The van der Waals surface area contributed by atoms with Crippen LogP contribution < -0.4 is 4.90 Å². The van der Waals surface area contributed by atoms with Gasteiger partial charge in [0.1, 0.15) is 5.82 Å². The van der Waals surface area contributed by atoms with E-state index in [1.54, 1.807) is 6.07 Å². The van der Waals surface area contributed by atoms with Crippen LogP contribution in [0.3, 0.4) is 0 Å². The van der Waals surface area contributed by atoms with Crippen molar-refractivity contribution in [3.8, 4) is 0 Å². The predicted octanol–water partition coefficient (Wildman–Crippen LogP) is 4.40. The minimum atomic E-state index is -0.138. The summed E-state index contributed by atoms with van der Waals surface area (Å²) in [6.07, 6.45) is 1.29. The highest BCUT2D eigenvalue weighted by atomic mass is 127. The molecule has 1 aliphatic heterocycles. The molecule has 0 N–H and O–H groups in total. The number of morpholine rings is 1. The van der Waals surface area contributed by atoms with E-state index < -0.39 is 0 Å². The number of imidazole rings is 1. The Hall–Kier alpha value is -1.01. The summed E-state index contributed by atoms with van der Waals surface area (Å²) >= 11 is 4.67. The van der Waals surface area contributed by atoms with Crippen molar-refractivity contribution in [1.82, 2.24) is 14.6 Å². The van der Waals surface area contributed by atoms with Crippen LogP contribution in [0.2, 0.25) is 0 Å². The number of nitrogens with zero attached hydrogens (tertiary/aromatic N) is 4. The Balaban J connectivity index is 1.82. The van der Waals surface area contributed by atoms with Gasteiger partial charge in [0.15, 0.2) is 11.5 Å². The van der Waals surface area contributed by atoms with Gasteiger partial charge in [0, 0.05) is 23.9 Å². The summed E-state index contributed by atoms with van der Waals surface area (Å²) in [6, 6.07) is 7.42. The summed E-state index contributed by atoms with van der Waals surface area (Å²) in [4.78, 5) is 7.09. The topological polar surface area (TPSA) is 42.7 Å². The molecule has 0 amide bonds. The van der Waals surface area contributed by atoms with Crippen molar-refractivity contribution < 1.29 is 9.13 Å². The Morgan fingerprint density at radius 3 is 2.75 bits per heavy atom. The molecule has 1 aromatic carbocycles. The van der Waals surface area contributed by atoms with Crippen molar-refractivity contribution in [2.45, 2.75) is 24.2 Å². The molecule has 1 fully saturated rings. The van der Waals surface area contributed by atoms with E-state index in [9.17, 15) is 4.39 Å². The zero-order valence-electron chi connectivity index (χ0n) is 15.6. The Kier molecular flexibility index (Phi) is 6.36. The van der Waals surface area contributed by atoms with Crippen LogP contribution in [0.25, 0.3) is 5.65 Å². The molecule has 4 rings (SSSR count). The molecule has 5 nitrogen and oxygen atoms in total. The molecular weight excluding hydrogens is 585 g/mol. The van der Waals surface area contributed by atoms with Gasteiger partial charge in [-0.3, -0.25) is 0 Å². The third-order valence-electron chi connectivity index (χ3n) is 5.09. The molecule has 0 aliphatic carbocycles. The fourth-order valence-corrected chi connectivity index (χ4v) is 4.88. The Morgan fingerprint density at radius 2 is 2.04 bits per heavy atom. The smallest absolute Gasteiger partial charge is 0.167 e. The normalized spacial score (nSPS) is 14.8. The molecule has 1 saturated heterocycles. The zero-order valence-corrected chi connectivity index (χ0v) is 19.9. The number of alkyl halides is 1. The molecule has 0 atom stereocenters. The molecule has 3 aromatic rings. The van der Waals surface area contributed by atoms with Crippen molar-refractivity contribution in [3.05, 3.63) is 56.2 Å². The van der Waals surface area contributed by atoms with E-state index in [-0.39, 0.29) is 5.82 Å². The van der Waals surface area contributed by atoms with Crippen LogP contribution >= 0.6 is 45.2 Å². The fraction of sp³-hybridized carbons (Fsp3) is 0.400. The van der Waals surface area contributed by atoms with Crippen molar-refractivity contribution in [2.75, 3.05) is 31.2 Å². The molecule has 148 valence electrons. The minimum absolute atomic E-state index is 0.138. The standard InChI is InChI=1S/C20H21FI2N4O/c1-2-14-13(4-3-5-15(14)21)10-18-17(12-22)24-20-16(23)11-19(25-27(18)20)26-6-8-28-9-7-26/h3-5,11H,2,6-10,12H2,1H3. The number of ether oxygens (including phenoxy) is 1. The lowest BCUT2D eigenvalue weighted by molar-refractivity contribution is 0.122. The van der Waals surface area contributed by atoms with Gasteiger partial charge in [-0.2, -0.15) is 0 Å². The highest BCUT2D eigenvalue weighted by molar-refractivity contribution is 14.1. The van der Waals surface area contributed by atoms with Crippen LogP contribution in [-0.2, 0) is 22.0 Å². The van der Waals surface area contributed by atoms with Crippen LogP contribution in [-0.4, -0.2) is 40.9 Å². The van der Waals surface area contributed by atoms with Gasteiger partial charge in [0.2, 0.25) is 0 Å². The molecule has 0 bridgehead atoms. The first-order valence-electron chi connectivity index (χ1n) is 9.34. The molecule has 0 unspecified atom stereocenters. The molecule has 1 aliphatic rings.